The van der Waals surface area contributed by atoms with Crippen LogP contribution in [0.3, 0.4) is 0 Å². The first-order valence-electron chi connectivity index (χ1n) is 6.58. The van der Waals surface area contributed by atoms with Crippen molar-refractivity contribution in [1.29, 1.82) is 0 Å². The fourth-order valence-corrected chi connectivity index (χ4v) is 2.23. The minimum absolute atomic E-state index is 0.276. The monoisotopic (exact) mass is 286 g/mol. The van der Waals surface area contributed by atoms with E-state index in [1.807, 2.05) is 6.07 Å². The number of hydrogen-bond acceptors (Lipinski definition) is 4. The molecule has 1 fully saturated rings. The number of nitrogens with zero attached hydrogens (tertiary/aromatic N) is 2. The van der Waals surface area contributed by atoms with Crippen molar-refractivity contribution >= 4 is 17.6 Å². The standard InChI is InChI=1S/C14H14N4O3/c1-7-15-12(18-17-7)8-4-2-3-5-11(8)16-13(19)9-6-10(9)14(20)21/h2-5,9-10H,6H2,1H3,(H,16,19)(H,20,21)(H,15,17,18). The van der Waals surface area contributed by atoms with Gasteiger partial charge in [-0.2, -0.15) is 5.10 Å². The van der Waals surface area contributed by atoms with Gasteiger partial charge < -0.3 is 10.4 Å². The van der Waals surface area contributed by atoms with Gasteiger partial charge in [0, 0.05) is 5.56 Å². The van der Waals surface area contributed by atoms with E-state index in [0.29, 0.717) is 29.3 Å². The molecular formula is C14H14N4O3. The quantitative estimate of drug-likeness (QED) is 0.788. The molecule has 1 aliphatic rings. The van der Waals surface area contributed by atoms with Crippen molar-refractivity contribution in [3.8, 4) is 11.4 Å². The van der Waals surface area contributed by atoms with Crippen molar-refractivity contribution in [2.24, 2.45) is 11.8 Å². The second-order valence-electron chi connectivity index (χ2n) is 5.07. The minimum atomic E-state index is -0.923. The molecule has 0 spiro atoms. The van der Waals surface area contributed by atoms with Crippen molar-refractivity contribution in [3.05, 3.63) is 30.1 Å². The Morgan fingerprint density at radius 3 is 2.71 bits per heavy atom. The van der Waals surface area contributed by atoms with Crippen molar-refractivity contribution < 1.29 is 14.7 Å². The minimum Gasteiger partial charge on any atom is -0.481 e. The van der Waals surface area contributed by atoms with Gasteiger partial charge >= 0.3 is 5.97 Å². The van der Waals surface area contributed by atoms with Crippen molar-refractivity contribution in [2.75, 3.05) is 5.32 Å². The van der Waals surface area contributed by atoms with E-state index in [4.69, 9.17) is 5.11 Å². The third-order valence-corrected chi connectivity index (χ3v) is 3.47. The average molecular weight is 286 g/mol. The molecule has 7 nitrogen and oxygen atoms in total. The van der Waals surface area contributed by atoms with E-state index in [1.165, 1.54) is 0 Å². The summed E-state index contributed by atoms with van der Waals surface area (Å²) >= 11 is 0. The molecule has 0 radical (unpaired) electrons. The Kier molecular flexibility index (Phi) is 3.17. The lowest BCUT2D eigenvalue weighted by molar-refractivity contribution is -0.139. The van der Waals surface area contributed by atoms with Crippen LogP contribution >= 0.6 is 0 Å². The lowest BCUT2D eigenvalue weighted by atomic mass is 10.1. The van der Waals surface area contributed by atoms with E-state index in [0.717, 1.165) is 0 Å². The summed E-state index contributed by atoms with van der Waals surface area (Å²) in [6.07, 6.45) is 0.392. The molecule has 0 aliphatic heterocycles. The normalized spacial score (nSPS) is 20.0. The van der Waals surface area contributed by atoms with Gasteiger partial charge in [0.05, 0.1) is 17.5 Å². The van der Waals surface area contributed by atoms with Gasteiger partial charge in [-0.05, 0) is 25.5 Å². The molecule has 2 aromatic rings. The van der Waals surface area contributed by atoms with Crippen molar-refractivity contribution in [1.82, 2.24) is 15.2 Å². The van der Waals surface area contributed by atoms with Crippen molar-refractivity contribution in [3.63, 3.8) is 0 Å². The number of carboxylic acids is 1. The third kappa shape index (κ3) is 2.62. The Balaban J connectivity index is 1.80. The lowest BCUT2D eigenvalue weighted by Crippen LogP contribution is -2.17. The number of para-hydroxylation sites is 1. The molecule has 108 valence electrons. The summed E-state index contributed by atoms with van der Waals surface area (Å²) in [4.78, 5) is 27.1. The number of aliphatic carboxylic acids is 1. The maximum Gasteiger partial charge on any atom is 0.307 e. The van der Waals surface area contributed by atoms with E-state index < -0.39 is 17.8 Å². The first kappa shape index (κ1) is 13.3. The zero-order chi connectivity index (χ0) is 15.0. The Hall–Kier alpha value is -2.70. The summed E-state index contributed by atoms with van der Waals surface area (Å²) < 4.78 is 0. The third-order valence-electron chi connectivity index (χ3n) is 3.47. The van der Waals surface area contributed by atoms with E-state index in [9.17, 15) is 9.59 Å². The Morgan fingerprint density at radius 1 is 1.33 bits per heavy atom. The van der Waals surface area contributed by atoms with E-state index in [1.54, 1.807) is 25.1 Å². The summed E-state index contributed by atoms with van der Waals surface area (Å²) in [5.74, 6) is -1.05. The number of anilines is 1. The highest BCUT2D eigenvalue weighted by molar-refractivity contribution is 6.00. The van der Waals surface area contributed by atoms with Crippen LogP contribution in [-0.4, -0.2) is 32.2 Å². The summed E-state index contributed by atoms with van der Waals surface area (Å²) in [5, 5.41) is 18.5. The second kappa shape index (κ2) is 5.01. The summed E-state index contributed by atoms with van der Waals surface area (Å²) in [6, 6.07) is 7.17. The number of carbonyl (C=O) groups excluding carboxylic acids is 1. The molecule has 1 amide bonds. The van der Waals surface area contributed by atoms with Crippen LogP contribution in [0.1, 0.15) is 12.2 Å². The zero-order valence-electron chi connectivity index (χ0n) is 11.3. The molecule has 1 aromatic carbocycles. The molecule has 0 bridgehead atoms. The maximum atomic E-state index is 12.1. The van der Waals surface area contributed by atoms with Crippen LogP contribution in [0.25, 0.3) is 11.4 Å². The number of rotatable bonds is 4. The van der Waals surface area contributed by atoms with Gasteiger partial charge in [0.15, 0.2) is 5.82 Å². The van der Waals surface area contributed by atoms with Gasteiger partial charge in [0.1, 0.15) is 5.82 Å². The SMILES string of the molecule is Cc1nc(-c2ccccc2NC(=O)C2CC2C(=O)O)n[nH]1. The summed E-state index contributed by atoms with van der Waals surface area (Å²) in [5.41, 5.74) is 1.28. The number of aryl methyl sites for hydroxylation is 1. The number of hydrogen-bond donors (Lipinski definition) is 3. The molecule has 2 unspecified atom stereocenters. The van der Waals surface area contributed by atoms with Gasteiger partial charge in [-0.3, -0.25) is 14.7 Å². The molecule has 3 N–H and O–H groups in total. The highest BCUT2D eigenvalue weighted by Gasteiger charge is 2.48. The van der Waals surface area contributed by atoms with Crippen LogP contribution in [0, 0.1) is 18.8 Å². The molecule has 1 heterocycles. The van der Waals surface area contributed by atoms with Crippen LogP contribution in [0.2, 0.25) is 0 Å². The number of carbonyl (C=O) groups is 2. The number of benzene rings is 1. The number of carboxylic acid groups (broad SMARTS) is 1. The first-order valence-corrected chi connectivity index (χ1v) is 6.58. The zero-order valence-corrected chi connectivity index (χ0v) is 11.3. The van der Waals surface area contributed by atoms with Crippen LogP contribution in [-0.2, 0) is 9.59 Å². The predicted molar refractivity (Wildman–Crippen MR) is 74.4 cm³/mol. The van der Waals surface area contributed by atoms with E-state index in [-0.39, 0.29) is 5.91 Å². The number of aromatic nitrogens is 3. The summed E-state index contributed by atoms with van der Waals surface area (Å²) in [7, 11) is 0. The fraction of sp³-hybridized carbons (Fsp3) is 0.286. The molecule has 1 saturated carbocycles. The molecule has 3 rings (SSSR count). The van der Waals surface area contributed by atoms with Crippen molar-refractivity contribution in [2.45, 2.75) is 13.3 Å². The molecule has 0 saturated heterocycles. The topological polar surface area (TPSA) is 108 Å². The number of amides is 1. The molecule has 1 aromatic heterocycles. The summed E-state index contributed by atoms with van der Waals surface area (Å²) in [6.45, 7) is 1.79. The Bertz CT molecular complexity index is 710. The van der Waals surface area contributed by atoms with Gasteiger partial charge in [-0.1, -0.05) is 12.1 Å². The van der Waals surface area contributed by atoms with Crippen LogP contribution in [0.4, 0.5) is 5.69 Å². The number of H-pyrrole nitrogens is 1. The van der Waals surface area contributed by atoms with E-state index in [2.05, 4.69) is 20.5 Å². The van der Waals surface area contributed by atoms with Crippen LogP contribution < -0.4 is 5.32 Å². The Labute approximate surface area is 120 Å². The largest absolute Gasteiger partial charge is 0.481 e. The smallest absolute Gasteiger partial charge is 0.307 e. The predicted octanol–water partition coefficient (Wildman–Crippen LogP) is 1.44. The van der Waals surface area contributed by atoms with E-state index >= 15 is 0 Å². The maximum absolute atomic E-state index is 12.1. The van der Waals surface area contributed by atoms with Gasteiger partial charge in [-0.15, -0.1) is 0 Å². The molecule has 1 aliphatic carbocycles. The molecule has 7 heteroatoms. The molecule has 21 heavy (non-hydrogen) atoms. The highest BCUT2D eigenvalue weighted by Crippen LogP contribution is 2.40. The van der Waals surface area contributed by atoms with Gasteiger partial charge in [0.25, 0.3) is 0 Å². The fourth-order valence-electron chi connectivity index (χ4n) is 2.23. The van der Waals surface area contributed by atoms with Crippen LogP contribution in [0.5, 0.6) is 0 Å². The highest BCUT2D eigenvalue weighted by atomic mass is 16.4. The number of aromatic amines is 1. The van der Waals surface area contributed by atoms with Gasteiger partial charge in [0.2, 0.25) is 5.91 Å². The van der Waals surface area contributed by atoms with Crippen LogP contribution in [0.15, 0.2) is 24.3 Å². The Morgan fingerprint density at radius 2 is 2.10 bits per heavy atom. The lowest BCUT2D eigenvalue weighted by Gasteiger charge is -2.08. The molecular weight excluding hydrogens is 272 g/mol. The second-order valence-corrected chi connectivity index (χ2v) is 5.07. The molecule has 2 atom stereocenters. The number of nitrogens with one attached hydrogen (secondary N) is 2. The average Bonchev–Trinajstić information content (AvgIpc) is 3.16. The van der Waals surface area contributed by atoms with Gasteiger partial charge in [-0.25, -0.2) is 4.98 Å². The first-order chi connectivity index (χ1) is 10.1.